The van der Waals surface area contributed by atoms with Crippen molar-refractivity contribution in [2.45, 2.75) is 6.42 Å². The van der Waals surface area contributed by atoms with Gasteiger partial charge in [-0.25, -0.2) is 0 Å². The van der Waals surface area contributed by atoms with E-state index in [-0.39, 0.29) is 46.1 Å². The second-order valence-corrected chi connectivity index (χ2v) is 6.90. The maximum absolute atomic E-state index is 12.5. The third-order valence-corrected chi connectivity index (χ3v) is 5.60. The van der Waals surface area contributed by atoms with Crippen molar-refractivity contribution in [1.29, 1.82) is 0 Å². The van der Waals surface area contributed by atoms with Gasteiger partial charge >= 0.3 is 0 Å². The van der Waals surface area contributed by atoms with Crippen LogP contribution in [-0.2, 0) is 9.59 Å². The van der Waals surface area contributed by atoms with E-state index in [1.165, 1.54) is 18.2 Å². The van der Waals surface area contributed by atoms with Gasteiger partial charge in [-0.2, -0.15) is 5.01 Å². The van der Waals surface area contributed by atoms with Crippen molar-refractivity contribution >= 4 is 40.9 Å². The number of amides is 3. The first kappa shape index (κ1) is 14.7. The molecule has 23 heavy (non-hydrogen) atoms. The molecule has 1 saturated carbocycles. The number of allylic oxidation sites excluding steroid dienone is 2. The van der Waals surface area contributed by atoms with E-state index in [2.05, 4.69) is 5.43 Å². The normalized spacial score (nSPS) is 31.0. The summed E-state index contributed by atoms with van der Waals surface area (Å²) in [5, 5.41) is 1.43. The molecule has 2 bridgehead atoms. The second kappa shape index (κ2) is 5.08. The predicted octanol–water partition coefficient (Wildman–Crippen LogP) is 2.45. The molecule has 0 spiro atoms. The Morgan fingerprint density at radius 2 is 1.65 bits per heavy atom. The lowest BCUT2D eigenvalue weighted by molar-refractivity contribution is -0.143. The molecule has 7 heteroatoms. The number of fused-ring (bicyclic) bond motifs is 5. The lowest BCUT2D eigenvalue weighted by Gasteiger charge is -2.18. The van der Waals surface area contributed by atoms with Crippen LogP contribution in [0.25, 0.3) is 0 Å². The van der Waals surface area contributed by atoms with Crippen LogP contribution in [0.5, 0.6) is 0 Å². The first-order valence-electron chi connectivity index (χ1n) is 7.29. The summed E-state index contributed by atoms with van der Waals surface area (Å²) < 4.78 is 0. The minimum Gasteiger partial charge on any atom is -0.272 e. The van der Waals surface area contributed by atoms with Gasteiger partial charge < -0.3 is 0 Å². The third kappa shape index (κ3) is 2.11. The highest BCUT2D eigenvalue weighted by Gasteiger charge is 2.59. The summed E-state index contributed by atoms with van der Waals surface area (Å²) in [6.07, 6.45) is 4.85. The number of nitrogens with zero attached hydrogens (tertiary/aromatic N) is 1. The monoisotopic (exact) mass is 350 g/mol. The molecule has 1 aliphatic heterocycles. The van der Waals surface area contributed by atoms with Crippen molar-refractivity contribution < 1.29 is 14.4 Å². The lowest BCUT2D eigenvalue weighted by atomic mass is 9.85. The number of carbonyl (C=O) groups excluding carboxylic acids is 3. The molecule has 3 amide bonds. The summed E-state index contributed by atoms with van der Waals surface area (Å²) in [6, 6.07) is 4.38. The van der Waals surface area contributed by atoms with Crippen LogP contribution < -0.4 is 5.43 Å². The van der Waals surface area contributed by atoms with Crippen LogP contribution in [0.15, 0.2) is 30.4 Å². The fourth-order valence-corrected chi connectivity index (χ4v) is 4.11. The number of hydrogen-bond donors (Lipinski definition) is 1. The Hall–Kier alpha value is -1.85. The van der Waals surface area contributed by atoms with E-state index in [0.29, 0.717) is 5.02 Å². The van der Waals surface area contributed by atoms with Gasteiger partial charge in [0.15, 0.2) is 0 Å². The Kier molecular flexibility index (Phi) is 3.25. The first-order chi connectivity index (χ1) is 11.0. The van der Waals surface area contributed by atoms with Crippen molar-refractivity contribution in [1.82, 2.24) is 10.4 Å². The van der Waals surface area contributed by atoms with Gasteiger partial charge in [-0.05, 0) is 36.5 Å². The Labute approximate surface area is 142 Å². The maximum atomic E-state index is 12.5. The van der Waals surface area contributed by atoms with Crippen molar-refractivity contribution in [2.75, 3.05) is 0 Å². The third-order valence-electron chi connectivity index (χ3n) is 4.87. The molecular formula is C16H12Cl2N2O3. The number of nitrogens with one attached hydrogen (secondary N) is 1. The van der Waals surface area contributed by atoms with Crippen LogP contribution in [0.3, 0.4) is 0 Å². The van der Waals surface area contributed by atoms with Crippen LogP contribution in [0.2, 0.25) is 10.0 Å². The molecule has 0 radical (unpaired) electrons. The molecule has 1 aromatic rings. The van der Waals surface area contributed by atoms with Crippen molar-refractivity contribution in [3.8, 4) is 0 Å². The highest BCUT2D eigenvalue weighted by Crippen LogP contribution is 2.52. The Morgan fingerprint density at radius 1 is 1.04 bits per heavy atom. The number of halogens is 2. The minimum absolute atomic E-state index is 0.105. The van der Waals surface area contributed by atoms with Gasteiger partial charge in [0.1, 0.15) is 0 Å². The molecule has 1 aromatic carbocycles. The highest BCUT2D eigenvalue weighted by molar-refractivity contribution is 6.42. The van der Waals surface area contributed by atoms with Gasteiger partial charge in [-0.3, -0.25) is 19.8 Å². The Balaban J connectivity index is 1.55. The zero-order valence-electron chi connectivity index (χ0n) is 11.8. The van der Waals surface area contributed by atoms with Gasteiger partial charge in [0.2, 0.25) is 0 Å². The summed E-state index contributed by atoms with van der Waals surface area (Å²) in [6.45, 7) is 0. The quantitative estimate of drug-likeness (QED) is 0.658. The van der Waals surface area contributed by atoms with Gasteiger partial charge in [-0.1, -0.05) is 35.4 Å². The molecule has 118 valence electrons. The average Bonchev–Trinajstić information content (AvgIpc) is 3.19. The molecule has 0 aromatic heterocycles. The average molecular weight is 351 g/mol. The number of benzene rings is 1. The summed E-state index contributed by atoms with van der Waals surface area (Å²) >= 11 is 11.7. The van der Waals surface area contributed by atoms with Crippen LogP contribution in [-0.4, -0.2) is 22.7 Å². The zero-order valence-corrected chi connectivity index (χ0v) is 13.3. The Bertz CT molecular complexity index is 747. The number of hydrazine groups is 1. The van der Waals surface area contributed by atoms with Crippen LogP contribution in [0.4, 0.5) is 0 Å². The zero-order chi connectivity index (χ0) is 16.3. The number of rotatable bonds is 2. The fourth-order valence-electron chi connectivity index (χ4n) is 3.82. The number of hydrogen-bond acceptors (Lipinski definition) is 3. The van der Waals surface area contributed by atoms with Crippen molar-refractivity contribution in [2.24, 2.45) is 23.7 Å². The van der Waals surface area contributed by atoms with Gasteiger partial charge in [0, 0.05) is 5.56 Å². The van der Waals surface area contributed by atoms with E-state index < -0.39 is 5.91 Å². The largest absolute Gasteiger partial charge is 0.272 e. The molecule has 1 saturated heterocycles. The van der Waals surface area contributed by atoms with E-state index in [9.17, 15) is 14.4 Å². The van der Waals surface area contributed by atoms with Crippen LogP contribution in [0.1, 0.15) is 16.8 Å². The molecule has 2 fully saturated rings. The van der Waals surface area contributed by atoms with Crippen LogP contribution >= 0.6 is 23.2 Å². The second-order valence-electron chi connectivity index (χ2n) is 6.08. The van der Waals surface area contributed by atoms with Gasteiger partial charge in [0.25, 0.3) is 17.7 Å². The molecule has 0 unspecified atom stereocenters. The van der Waals surface area contributed by atoms with E-state index in [1.54, 1.807) is 0 Å². The molecule has 4 atom stereocenters. The number of imide groups is 1. The van der Waals surface area contributed by atoms with Crippen molar-refractivity contribution in [3.05, 3.63) is 46.0 Å². The summed E-state index contributed by atoms with van der Waals surface area (Å²) in [7, 11) is 0. The molecule has 2 aliphatic carbocycles. The minimum atomic E-state index is -0.564. The Morgan fingerprint density at radius 3 is 2.22 bits per heavy atom. The van der Waals surface area contributed by atoms with E-state index >= 15 is 0 Å². The summed E-state index contributed by atoms with van der Waals surface area (Å²) in [5.41, 5.74) is 2.64. The molecule has 5 nitrogen and oxygen atoms in total. The smallest absolute Gasteiger partial charge is 0.270 e. The maximum Gasteiger partial charge on any atom is 0.270 e. The standard InChI is InChI=1S/C16H12Cl2N2O3/c17-10-4-3-9(6-11(10)18)14(21)19-20-15(22)12-7-1-2-8(5-7)13(12)16(20)23/h1-4,6-8,12-13H,5H2,(H,19,21)/t7-,8+,12-,13+. The number of carbonyl (C=O) groups is 3. The topological polar surface area (TPSA) is 66.5 Å². The van der Waals surface area contributed by atoms with Gasteiger partial charge in [0.05, 0.1) is 21.9 Å². The van der Waals surface area contributed by atoms with Crippen LogP contribution in [0, 0.1) is 23.7 Å². The fraction of sp³-hybridized carbons (Fsp3) is 0.312. The van der Waals surface area contributed by atoms with E-state index in [0.717, 1.165) is 11.4 Å². The predicted molar refractivity (Wildman–Crippen MR) is 83.5 cm³/mol. The molecule has 3 aliphatic rings. The van der Waals surface area contributed by atoms with Crippen molar-refractivity contribution in [3.63, 3.8) is 0 Å². The molecular weight excluding hydrogens is 339 g/mol. The first-order valence-corrected chi connectivity index (χ1v) is 8.05. The molecule has 1 N–H and O–H groups in total. The summed E-state index contributed by atoms with van der Waals surface area (Å²) in [4.78, 5) is 37.2. The van der Waals surface area contributed by atoms with Gasteiger partial charge in [-0.15, -0.1) is 0 Å². The molecule has 4 rings (SSSR count). The van der Waals surface area contributed by atoms with E-state index in [1.807, 2.05) is 12.2 Å². The SMILES string of the molecule is O=C(NN1C(=O)[C@@H]2[C@H](C1=O)[C@@H]1C=C[C@H]2C1)c1ccc(Cl)c(Cl)c1. The lowest BCUT2D eigenvalue weighted by Crippen LogP contribution is -2.47. The molecule has 1 heterocycles. The summed E-state index contributed by atoms with van der Waals surface area (Å²) in [5.74, 6) is -1.69. The highest BCUT2D eigenvalue weighted by atomic mass is 35.5. The van der Waals surface area contributed by atoms with E-state index in [4.69, 9.17) is 23.2 Å².